The minimum Gasteiger partial charge on any atom is -0.371 e. The van der Waals surface area contributed by atoms with Crippen LogP contribution in [0.3, 0.4) is 0 Å². The fraction of sp³-hybridized carbons (Fsp3) is 0.440. The van der Waals surface area contributed by atoms with Gasteiger partial charge in [-0.05, 0) is 91.6 Å². The third-order valence-electron chi connectivity index (χ3n) is 14.0. The average Bonchev–Trinajstić information content (AvgIpc) is 3.85. The van der Waals surface area contributed by atoms with Gasteiger partial charge in [0.2, 0.25) is 17.7 Å². The van der Waals surface area contributed by atoms with E-state index in [2.05, 4.69) is 70.9 Å². The molecule has 4 aromatic rings. The number of carbonyl (C=O) groups excluding carboxylic acids is 5. The van der Waals surface area contributed by atoms with Crippen molar-refractivity contribution in [2.45, 2.75) is 103 Å². The van der Waals surface area contributed by atoms with Crippen LogP contribution in [0.25, 0.3) is 10.9 Å². The highest BCUT2D eigenvalue weighted by molar-refractivity contribution is 6.20. The lowest BCUT2D eigenvalue weighted by molar-refractivity contribution is -0.137. The SMILES string of the molecule is CCc1cc2c(cc1N1CCC(N3CCN(C(=O)CCCCC#Cc4cccc5c4CN(C4CCC(=O)NC4=O)C5=O)CC3)CC1)C(C)(C)c1[nH]c3cc(C#N)ccc3c1C2=O. The van der Waals surface area contributed by atoms with Gasteiger partial charge in [0.05, 0.1) is 17.2 Å². The van der Waals surface area contributed by atoms with E-state index in [1.165, 1.54) is 11.3 Å². The van der Waals surface area contributed by atoms with Crippen LogP contribution in [0.1, 0.15) is 132 Å². The van der Waals surface area contributed by atoms with Gasteiger partial charge >= 0.3 is 0 Å². The summed E-state index contributed by atoms with van der Waals surface area (Å²) in [5, 5.41) is 12.7. The number of piperidine rings is 2. The number of aryl methyl sites for hydroxylation is 1. The summed E-state index contributed by atoms with van der Waals surface area (Å²) in [4.78, 5) is 76.7. The molecule has 1 atom stereocenters. The van der Waals surface area contributed by atoms with Gasteiger partial charge in [-0.15, -0.1) is 0 Å². The second kappa shape index (κ2) is 16.6. The number of imide groups is 1. The number of nitriles is 1. The Morgan fingerprint density at radius 3 is 2.45 bits per heavy atom. The molecule has 5 heterocycles. The predicted octanol–water partition coefficient (Wildman–Crippen LogP) is 5.96. The number of H-pyrrole nitrogens is 1. The summed E-state index contributed by atoms with van der Waals surface area (Å²) in [5.41, 5.74) is 8.98. The van der Waals surface area contributed by atoms with Crippen molar-refractivity contribution in [3.05, 3.63) is 98.7 Å². The summed E-state index contributed by atoms with van der Waals surface area (Å²) in [5.74, 6) is 5.78. The maximum absolute atomic E-state index is 14.1. The summed E-state index contributed by atoms with van der Waals surface area (Å²) in [6.45, 7) is 12.0. The molecule has 62 heavy (non-hydrogen) atoms. The minimum absolute atomic E-state index is 0.0445. The molecule has 12 heteroatoms. The Morgan fingerprint density at radius 2 is 1.71 bits per heavy atom. The molecule has 5 aliphatic rings. The summed E-state index contributed by atoms with van der Waals surface area (Å²) < 4.78 is 0. The predicted molar refractivity (Wildman–Crippen MR) is 236 cm³/mol. The molecule has 1 unspecified atom stereocenters. The van der Waals surface area contributed by atoms with Gasteiger partial charge in [-0.3, -0.25) is 34.2 Å². The molecular formula is C50H53N7O5. The van der Waals surface area contributed by atoms with Gasteiger partial charge in [0.1, 0.15) is 6.04 Å². The standard InChI is InChI=1S/C50H53N7O5/c1-4-32-27-37-39(50(2,3)47-45(46(37)60)36-15-14-31(29-51)26-40(36)52-47)28-42(32)55-20-18-34(19-21-55)54-22-24-56(25-23-54)44(59)13-8-6-5-7-10-33-11-9-12-35-38(33)30-57(49(35)62)41-16-17-43(58)53-48(41)61/h9,11-12,14-15,26-28,34,41,52H,4-6,8,13,16-25,30H2,1-3H3,(H,53,58,61). The smallest absolute Gasteiger partial charge is 0.255 e. The van der Waals surface area contributed by atoms with Crippen molar-refractivity contribution in [1.29, 1.82) is 5.26 Å². The molecule has 1 aliphatic carbocycles. The Morgan fingerprint density at radius 1 is 0.919 bits per heavy atom. The first-order valence-electron chi connectivity index (χ1n) is 22.3. The fourth-order valence-corrected chi connectivity index (χ4v) is 10.5. The number of rotatable bonds is 8. The molecule has 0 radical (unpaired) electrons. The van der Waals surface area contributed by atoms with Gasteiger partial charge in [0, 0.05) is 116 Å². The van der Waals surface area contributed by atoms with Gasteiger partial charge in [0.15, 0.2) is 5.78 Å². The van der Waals surface area contributed by atoms with Crippen LogP contribution in [0.5, 0.6) is 0 Å². The van der Waals surface area contributed by atoms with E-state index in [9.17, 15) is 29.2 Å². The number of benzene rings is 3. The molecule has 3 fully saturated rings. The average molecular weight is 832 g/mol. The second-order valence-corrected chi connectivity index (χ2v) is 18.0. The van der Waals surface area contributed by atoms with Crippen molar-refractivity contribution >= 4 is 46.0 Å². The van der Waals surface area contributed by atoms with Crippen LogP contribution in [0.4, 0.5) is 5.69 Å². The number of carbonyl (C=O) groups is 5. The van der Waals surface area contributed by atoms with Crippen LogP contribution >= 0.6 is 0 Å². The molecule has 3 aromatic carbocycles. The van der Waals surface area contributed by atoms with E-state index in [1.54, 1.807) is 17.0 Å². The Kier molecular flexibility index (Phi) is 11.0. The van der Waals surface area contributed by atoms with Crippen molar-refractivity contribution in [3.8, 4) is 17.9 Å². The summed E-state index contributed by atoms with van der Waals surface area (Å²) in [7, 11) is 0. The molecule has 0 bridgehead atoms. The molecule has 4 aliphatic heterocycles. The van der Waals surface area contributed by atoms with Crippen LogP contribution in [-0.4, -0.2) is 100 Å². The lowest BCUT2D eigenvalue weighted by Gasteiger charge is -2.44. The lowest BCUT2D eigenvalue weighted by Crippen LogP contribution is -2.54. The molecule has 2 N–H and O–H groups in total. The number of aromatic nitrogens is 1. The highest BCUT2D eigenvalue weighted by atomic mass is 16.2. The number of nitrogens with one attached hydrogen (secondary N) is 2. The van der Waals surface area contributed by atoms with Crippen molar-refractivity contribution < 1.29 is 24.0 Å². The number of ketones is 1. The molecule has 1 aromatic heterocycles. The monoisotopic (exact) mass is 831 g/mol. The zero-order valence-corrected chi connectivity index (χ0v) is 35.9. The van der Waals surface area contributed by atoms with E-state index in [1.807, 2.05) is 29.2 Å². The van der Waals surface area contributed by atoms with Crippen molar-refractivity contribution in [2.75, 3.05) is 44.2 Å². The van der Waals surface area contributed by atoms with E-state index < -0.39 is 17.4 Å². The lowest BCUT2D eigenvalue weighted by atomic mass is 9.70. The van der Waals surface area contributed by atoms with E-state index in [-0.39, 0.29) is 29.9 Å². The van der Waals surface area contributed by atoms with Crippen LogP contribution in [0.2, 0.25) is 0 Å². The van der Waals surface area contributed by atoms with Crippen LogP contribution in [-0.2, 0) is 32.8 Å². The van der Waals surface area contributed by atoms with Gasteiger partial charge < -0.3 is 19.7 Å². The normalized spacial score (nSPS) is 20.0. The number of amides is 4. The van der Waals surface area contributed by atoms with Gasteiger partial charge in [-0.2, -0.15) is 5.26 Å². The molecule has 0 spiro atoms. The third-order valence-corrected chi connectivity index (χ3v) is 14.0. The van der Waals surface area contributed by atoms with E-state index in [4.69, 9.17) is 0 Å². The molecule has 318 valence electrons. The van der Waals surface area contributed by atoms with Gasteiger partial charge in [0.25, 0.3) is 5.91 Å². The fourth-order valence-electron chi connectivity index (χ4n) is 10.5. The molecule has 12 nitrogen and oxygen atoms in total. The van der Waals surface area contributed by atoms with E-state index in [0.29, 0.717) is 43.0 Å². The van der Waals surface area contributed by atoms with Crippen LogP contribution in [0.15, 0.2) is 48.5 Å². The first-order valence-corrected chi connectivity index (χ1v) is 22.3. The molecule has 9 rings (SSSR count). The quantitative estimate of drug-likeness (QED) is 0.126. The van der Waals surface area contributed by atoms with Crippen molar-refractivity contribution in [1.82, 2.24) is 25.0 Å². The Bertz CT molecular complexity index is 2630. The topological polar surface area (TPSA) is 150 Å². The number of fused-ring (bicyclic) bond motifs is 5. The van der Waals surface area contributed by atoms with Gasteiger partial charge in [-0.25, -0.2) is 0 Å². The number of piperazine rings is 1. The third kappa shape index (κ3) is 7.34. The van der Waals surface area contributed by atoms with Crippen LogP contribution in [0, 0.1) is 23.2 Å². The molecule has 0 saturated carbocycles. The van der Waals surface area contributed by atoms with Crippen LogP contribution < -0.4 is 10.2 Å². The second-order valence-electron chi connectivity index (χ2n) is 18.0. The number of nitrogens with zero attached hydrogens (tertiary/aromatic N) is 5. The summed E-state index contributed by atoms with van der Waals surface area (Å²) >= 11 is 0. The van der Waals surface area contributed by atoms with Crippen molar-refractivity contribution in [3.63, 3.8) is 0 Å². The number of hydrogen-bond acceptors (Lipinski definition) is 8. The first-order chi connectivity index (χ1) is 30.0. The number of hydrogen-bond donors (Lipinski definition) is 2. The molecule has 3 saturated heterocycles. The number of unbranched alkanes of at least 4 members (excludes halogenated alkanes) is 2. The van der Waals surface area contributed by atoms with E-state index in [0.717, 1.165) is 116 Å². The number of anilines is 1. The first kappa shape index (κ1) is 41.1. The zero-order chi connectivity index (χ0) is 43.3. The highest BCUT2D eigenvalue weighted by Crippen LogP contribution is 2.46. The molecular weight excluding hydrogens is 779 g/mol. The Labute approximate surface area is 362 Å². The molecule has 4 amide bonds. The highest BCUT2D eigenvalue weighted by Gasteiger charge is 2.42. The number of aromatic amines is 1. The maximum Gasteiger partial charge on any atom is 0.255 e. The van der Waals surface area contributed by atoms with E-state index >= 15 is 0 Å². The largest absolute Gasteiger partial charge is 0.371 e. The zero-order valence-electron chi connectivity index (χ0n) is 35.9. The summed E-state index contributed by atoms with van der Waals surface area (Å²) in [6.07, 6.45) is 6.18. The van der Waals surface area contributed by atoms with Crippen molar-refractivity contribution in [2.24, 2.45) is 0 Å². The maximum atomic E-state index is 14.1. The summed E-state index contributed by atoms with van der Waals surface area (Å²) in [6, 6.07) is 17.4. The Balaban J connectivity index is 0.746. The minimum atomic E-state index is -0.656. The van der Waals surface area contributed by atoms with Gasteiger partial charge in [-0.1, -0.05) is 44.7 Å². The Hall–Kier alpha value is -6.24.